The van der Waals surface area contributed by atoms with Gasteiger partial charge in [-0.15, -0.1) is 0 Å². The van der Waals surface area contributed by atoms with Gasteiger partial charge in [0.05, 0.1) is 0 Å². The molecule has 1 fully saturated rings. The summed E-state index contributed by atoms with van der Waals surface area (Å²) in [6.45, 7) is 4.16. The lowest BCUT2D eigenvalue weighted by molar-refractivity contribution is 0.589. The molecule has 2 aromatic heterocycles. The number of hydrogen-bond acceptors (Lipinski definition) is 4. The minimum atomic E-state index is 0.769. The predicted molar refractivity (Wildman–Crippen MR) is 87.3 cm³/mol. The number of anilines is 1. The summed E-state index contributed by atoms with van der Waals surface area (Å²) in [6, 6.07) is 14.6. The molecule has 1 aromatic carbocycles. The number of nitrogens with one attached hydrogen (secondary N) is 1. The van der Waals surface area contributed by atoms with E-state index in [1.54, 1.807) is 0 Å². The number of hydrogen-bond donors (Lipinski definition) is 1. The first-order valence-corrected chi connectivity index (χ1v) is 7.73. The van der Waals surface area contributed by atoms with Crippen LogP contribution in [0.4, 0.5) is 5.69 Å². The van der Waals surface area contributed by atoms with E-state index < -0.39 is 0 Å². The molecule has 1 saturated heterocycles. The van der Waals surface area contributed by atoms with Crippen LogP contribution in [0.15, 0.2) is 48.7 Å². The number of fused-ring (bicyclic) bond motifs is 1. The van der Waals surface area contributed by atoms with Gasteiger partial charge in [0.1, 0.15) is 0 Å². The molecule has 0 radical (unpaired) electrons. The molecule has 5 nitrogen and oxygen atoms in total. The Kier molecular flexibility index (Phi) is 3.48. The molecule has 1 N–H and O–H groups in total. The third kappa shape index (κ3) is 2.67. The fourth-order valence-corrected chi connectivity index (χ4v) is 2.89. The molecule has 3 aromatic rings. The molecule has 0 bridgehead atoms. The van der Waals surface area contributed by atoms with Crippen LogP contribution < -0.4 is 10.2 Å². The monoisotopic (exact) mass is 293 g/mol. The summed E-state index contributed by atoms with van der Waals surface area (Å²) in [5.74, 6) is 0.865. The van der Waals surface area contributed by atoms with E-state index in [0.717, 1.165) is 44.1 Å². The number of rotatable bonds is 3. The highest BCUT2D eigenvalue weighted by Gasteiger charge is 2.12. The van der Waals surface area contributed by atoms with Gasteiger partial charge in [-0.1, -0.05) is 30.3 Å². The fraction of sp³-hybridized carbons (Fsp3) is 0.294. The van der Waals surface area contributed by atoms with Gasteiger partial charge >= 0.3 is 0 Å². The Morgan fingerprint density at radius 1 is 1.05 bits per heavy atom. The maximum atomic E-state index is 4.67. The zero-order valence-electron chi connectivity index (χ0n) is 12.4. The summed E-state index contributed by atoms with van der Waals surface area (Å²) in [5.41, 5.74) is 3.38. The molecule has 0 atom stereocenters. The summed E-state index contributed by atoms with van der Waals surface area (Å²) < 4.78 is 1.87. The number of piperazine rings is 1. The minimum Gasteiger partial charge on any atom is -0.369 e. The lowest BCUT2D eigenvalue weighted by Gasteiger charge is -2.29. The van der Waals surface area contributed by atoms with Crippen LogP contribution in [0.3, 0.4) is 0 Å². The molecule has 5 heteroatoms. The summed E-state index contributed by atoms with van der Waals surface area (Å²) in [5, 5.41) is 7.95. The Balaban J connectivity index is 1.60. The zero-order chi connectivity index (χ0) is 14.8. The standard InChI is InChI=1S/C17H19N5/c1-2-4-14(5-3-1)12-16-19-17-13-15(6-9-22(17)20-16)21-10-7-18-8-11-21/h1-6,9,13,18H,7-8,10-12H2. The van der Waals surface area contributed by atoms with Crippen LogP contribution >= 0.6 is 0 Å². The average Bonchev–Trinajstić information content (AvgIpc) is 2.98. The quantitative estimate of drug-likeness (QED) is 0.799. The molecule has 0 aliphatic carbocycles. The summed E-state index contributed by atoms with van der Waals surface area (Å²) in [7, 11) is 0. The van der Waals surface area contributed by atoms with Crippen molar-refractivity contribution < 1.29 is 0 Å². The third-order valence-corrected chi connectivity index (χ3v) is 4.05. The van der Waals surface area contributed by atoms with Crippen molar-refractivity contribution in [3.05, 3.63) is 60.0 Å². The van der Waals surface area contributed by atoms with E-state index in [-0.39, 0.29) is 0 Å². The summed E-state index contributed by atoms with van der Waals surface area (Å²) in [6.07, 6.45) is 2.78. The Morgan fingerprint density at radius 3 is 2.68 bits per heavy atom. The van der Waals surface area contributed by atoms with Crippen molar-refractivity contribution in [2.24, 2.45) is 0 Å². The maximum absolute atomic E-state index is 4.67. The molecule has 3 heterocycles. The van der Waals surface area contributed by atoms with Crippen LogP contribution in [-0.2, 0) is 6.42 Å². The van der Waals surface area contributed by atoms with Gasteiger partial charge in [0.15, 0.2) is 11.5 Å². The Bertz CT molecular complexity index is 759. The van der Waals surface area contributed by atoms with E-state index in [1.165, 1.54) is 11.3 Å². The fourth-order valence-electron chi connectivity index (χ4n) is 2.89. The van der Waals surface area contributed by atoms with E-state index in [9.17, 15) is 0 Å². The topological polar surface area (TPSA) is 45.5 Å². The molecule has 0 amide bonds. The minimum absolute atomic E-state index is 0.769. The van der Waals surface area contributed by atoms with E-state index in [2.05, 4.69) is 44.6 Å². The van der Waals surface area contributed by atoms with Crippen LogP contribution in [0.2, 0.25) is 0 Å². The highest BCUT2D eigenvalue weighted by molar-refractivity contribution is 5.56. The number of nitrogens with zero attached hydrogens (tertiary/aromatic N) is 4. The Hall–Kier alpha value is -2.40. The van der Waals surface area contributed by atoms with Crippen molar-refractivity contribution in [1.82, 2.24) is 19.9 Å². The second kappa shape index (κ2) is 5.77. The van der Waals surface area contributed by atoms with Crippen molar-refractivity contribution >= 4 is 11.3 Å². The van der Waals surface area contributed by atoms with E-state index in [0.29, 0.717) is 0 Å². The first-order chi connectivity index (χ1) is 10.9. The molecule has 4 rings (SSSR count). The first kappa shape index (κ1) is 13.3. The van der Waals surface area contributed by atoms with Gasteiger partial charge in [-0.2, -0.15) is 5.10 Å². The smallest absolute Gasteiger partial charge is 0.157 e. The molecular formula is C17H19N5. The number of aromatic nitrogens is 3. The van der Waals surface area contributed by atoms with Gasteiger partial charge in [0.2, 0.25) is 0 Å². The maximum Gasteiger partial charge on any atom is 0.157 e. The van der Waals surface area contributed by atoms with Crippen LogP contribution in [0.1, 0.15) is 11.4 Å². The average molecular weight is 293 g/mol. The SMILES string of the molecule is c1ccc(Cc2nc3cc(N4CCNCC4)ccn3n2)cc1. The largest absolute Gasteiger partial charge is 0.369 e. The van der Waals surface area contributed by atoms with Crippen molar-refractivity contribution in [2.45, 2.75) is 6.42 Å². The van der Waals surface area contributed by atoms with Crippen LogP contribution in [0, 0.1) is 0 Å². The molecule has 22 heavy (non-hydrogen) atoms. The van der Waals surface area contributed by atoms with Gasteiger partial charge in [0.25, 0.3) is 0 Å². The molecule has 1 aliphatic rings. The first-order valence-electron chi connectivity index (χ1n) is 7.73. The molecule has 112 valence electrons. The van der Waals surface area contributed by atoms with Crippen LogP contribution in [-0.4, -0.2) is 40.8 Å². The third-order valence-electron chi connectivity index (χ3n) is 4.05. The lowest BCUT2D eigenvalue weighted by Crippen LogP contribution is -2.43. The normalized spacial score (nSPS) is 15.4. The van der Waals surface area contributed by atoms with Crippen molar-refractivity contribution in [3.63, 3.8) is 0 Å². The van der Waals surface area contributed by atoms with E-state index in [1.807, 2.05) is 28.9 Å². The van der Waals surface area contributed by atoms with E-state index in [4.69, 9.17) is 0 Å². The molecule has 1 aliphatic heterocycles. The van der Waals surface area contributed by atoms with Gasteiger partial charge in [0, 0.05) is 50.6 Å². The molecule has 0 saturated carbocycles. The lowest BCUT2D eigenvalue weighted by atomic mass is 10.1. The molecule has 0 spiro atoms. The predicted octanol–water partition coefficient (Wildman–Crippen LogP) is 1.73. The van der Waals surface area contributed by atoms with Gasteiger partial charge in [-0.3, -0.25) is 0 Å². The second-order valence-electron chi connectivity index (χ2n) is 5.62. The number of pyridine rings is 1. The Labute approximate surface area is 129 Å². The highest BCUT2D eigenvalue weighted by Crippen LogP contribution is 2.17. The molecule has 0 unspecified atom stereocenters. The summed E-state index contributed by atoms with van der Waals surface area (Å²) in [4.78, 5) is 7.06. The van der Waals surface area contributed by atoms with Gasteiger partial charge < -0.3 is 10.2 Å². The van der Waals surface area contributed by atoms with Crippen molar-refractivity contribution in [1.29, 1.82) is 0 Å². The van der Waals surface area contributed by atoms with Gasteiger partial charge in [-0.05, 0) is 11.6 Å². The summed E-state index contributed by atoms with van der Waals surface area (Å²) >= 11 is 0. The second-order valence-corrected chi connectivity index (χ2v) is 5.62. The Morgan fingerprint density at radius 2 is 1.86 bits per heavy atom. The molecular weight excluding hydrogens is 274 g/mol. The van der Waals surface area contributed by atoms with E-state index >= 15 is 0 Å². The zero-order valence-corrected chi connectivity index (χ0v) is 12.4. The van der Waals surface area contributed by atoms with Crippen molar-refractivity contribution in [3.8, 4) is 0 Å². The highest BCUT2D eigenvalue weighted by atomic mass is 15.3. The van der Waals surface area contributed by atoms with Crippen LogP contribution in [0.5, 0.6) is 0 Å². The van der Waals surface area contributed by atoms with Crippen LogP contribution in [0.25, 0.3) is 5.65 Å². The van der Waals surface area contributed by atoms with Gasteiger partial charge in [-0.25, -0.2) is 9.50 Å². The van der Waals surface area contributed by atoms with Crippen molar-refractivity contribution in [2.75, 3.05) is 31.1 Å². The number of benzene rings is 1.